The van der Waals surface area contributed by atoms with E-state index in [4.69, 9.17) is 5.73 Å². The Morgan fingerprint density at radius 1 is 1.47 bits per heavy atom. The maximum Gasteiger partial charge on any atom is 0.271 e. The van der Waals surface area contributed by atoms with Gasteiger partial charge in [0.05, 0.1) is 17.6 Å². The number of nitrogens with two attached hydrogens (primary N) is 1. The van der Waals surface area contributed by atoms with Crippen molar-refractivity contribution < 1.29 is 4.79 Å². The van der Waals surface area contributed by atoms with Gasteiger partial charge in [0.25, 0.3) is 5.91 Å². The Morgan fingerprint density at radius 2 is 2.24 bits per heavy atom. The monoisotopic (exact) mass is 232 g/mol. The minimum absolute atomic E-state index is 0.111. The lowest BCUT2D eigenvalue weighted by atomic mass is 10.3. The Labute approximate surface area is 97.7 Å². The topological polar surface area (TPSA) is 98.7 Å². The van der Waals surface area contributed by atoms with E-state index in [0.717, 1.165) is 5.69 Å². The lowest BCUT2D eigenvalue weighted by Gasteiger charge is -2.06. The smallest absolute Gasteiger partial charge is 0.271 e. The van der Waals surface area contributed by atoms with Gasteiger partial charge in [0, 0.05) is 19.4 Å². The second kappa shape index (κ2) is 4.20. The number of rotatable bonds is 3. The SMILES string of the molecule is Cc1cnc(C(N)=O)c(Nc2cnn(C)c2)n1. The molecule has 0 aliphatic carbocycles. The Bertz CT molecular complexity index is 562. The van der Waals surface area contributed by atoms with Crippen molar-refractivity contribution in [2.24, 2.45) is 12.8 Å². The highest BCUT2D eigenvalue weighted by Crippen LogP contribution is 2.16. The zero-order valence-corrected chi connectivity index (χ0v) is 9.51. The second-order valence-corrected chi connectivity index (χ2v) is 3.60. The standard InChI is InChI=1S/C10H12N6O/c1-6-3-12-8(9(11)17)10(14-6)15-7-4-13-16(2)5-7/h3-5H,1-2H3,(H2,11,17)(H,14,15). The maximum atomic E-state index is 11.2. The van der Waals surface area contributed by atoms with E-state index in [-0.39, 0.29) is 5.69 Å². The molecule has 0 unspecified atom stereocenters. The van der Waals surface area contributed by atoms with Crippen molar-refractivity contribution in [3.05, 3.63) is 30.0 Å². The largest absolute Gasteiger partial charge is 0.364 e. The molecule has 0 aromatic carbocycles. The van der Waals surface area contributed by atoms with E-state index < -0.39 is 5.91 Å². The fraction of sp³-hybridized carbons (Fsp3) is 0.200. The number of anilines is 2. The van der Waals surface area contributed by atoms with E-state index in [9.17, 15) is 4.79 Å². The summed E-state index contributed by atoms with van der Waals surface area (Å²) >= 11 is 0. The molecule has 0 saturated carbocycles. The average molecular weight is 232 g/mol. The van der Waals surface area contributed by atoms with Gasteiger partial charge in [-0.05, 0) is 6.92 Å². The number of carbonyl (C=O) groups is 1. The number of aryl methyl sites for hydroxylation is 2. The number of aromatic nitrogens is 4. The Balaban J connectivity index is 2.37. The number of hydrogen-bond donors (Lipinski definition) is 2. The summed E-state index contributed by atoms with van der Waals surface area (Å²) < 4.78 is 1.63. The van der Waals surface area contributed by atoms with Crippen LogP contribution >= 0.6 is 0 Å². The molecule has 0 aliphatic heterocycles. The molecule has 88 valence electrons. The number of hydrogen-bond acceptors (Lipinski definition) is 5. The molecular formula is C10H12N6O. The van der Waals surface area contributed by atoms with Crippen LogP contribution in [0.5, 0.6) is 0 Å². The van der Waals surface area contributed by atoms with Crippen molar-refractivity contribution in [2.45, 2.75) is 6.92 Å². The molecule has 0 bridgehead atoms. The van der Waals surface area contributed by atoms with Gasteiger partial charge in [-0.2, -0.15) is 5.10 Å². The van der Waals surface area contributed by atoms with Crippen molar-refractivity contribution in [1.29, 1.82) is 0 Å². The summed E-state index contributed by atoms with van der Waals surface area (Å²) in [5, 5.41) is 6.96. The summed E-state index contributed by atoms with van der Waals surface area (Å²) in [6.07, 6.45) is 4.87. The third kappa shape index (κ3) is 2.39. The first kappa shape index (κ1) is 11.1. The minimum atomic E-state index is -0.621. The molecule has 0 radical (unpaired) electrons. The van der Waals surface area contributed by atoms with Crippen LogP contribution in [0.4, 0.5) is 11.5 Å². The molecule has 2 aromatic heterocycles. The van der Waals surface area contributed by atoms with Crippen molar-refractivity contribution >= 4 is 17.4 Å². The highest BCUT2D eigenvalue weighted by molar-refractivity contribution is 5.96. The number of nitrogens with one attached hydrogen (secondary N) is 1. The molecule has 2 rings (SSSR count). The van der Waals surface area contributed by atoms with Crippen LogP contribution in [0.2, 0.25) is 0 Å². The van der Waals surface area contributed by atoms with Crippen LogP contribution in [0.15, 0.2) is 18.6 Å². The van der Waals surface area contributed by atoms with E-state index in [1.54, 1.807) is 31.0 Å². The molecule has 0 atom stereocenters. The molecule has 0 aliphatic rings. The summed E-state index contributed by atoms with van der Waals surface area (Å²) in [6.45, 7) is 1.78. The van der Waals surface area contributed by atoms with E-state index in [0.29, 0.717) is 11.5 Å². The van der Waals surface area contributed by atoms with Gasteiger partial charge < -0.3 is 11.1 Å². The van der Waals surface area contributed by atoms with Crippen LogP contribution in [0, 0.1) is 6.92 Å². The quantitative estimate of drug-likeness (QED) is 0.796. The summed E-state index contributed by atoms with van der Waals surface area (Å²) in [5.41, 5.74) is 6.75. The molecule has 0 fully saturated rings. The van der Waals surface area contributed by atoms with Crippen LogP contribution in [0.3, 0.4) is 0 Å². The van der Waals surface area contributed by atoms with Crippen LogP contribution in [-0.4, -0.2) is 25.7 Å². The fourth-order valence-electron chi connectivity index (χ4n) is 1.37. The van der Waals surface area contributed by atoms with Gasteiger partial charge >= 0.3 is 0 Å². The number of carbonyl (C=O) groups excluding carboxylic acids is 1. The Morgan fingerprint density at radius 3 is 2.82 bits per heavy atom. The molecule has 7 heteroatoms. The minimum Gasteiger partial charge on any atom is -0.364 e. The average Bonchev–Trinajstić information content (AvgIpc) is 2.63. The molecule has 3 N–H and O–H groups in total. The molecule has 7 nitrogen and oxygen atoms in total. The van der Waals surface area contributed by atoms with E-state index in [1.165, 1.54) is 6.20 Å². The Hall–Kier alpha value is -2.44. The van der Waals surface area contributed by atoms with Crippen LogP contribution < -0.4 is 11.1 Å². The van der Waals surface area contributed by atoms with Gasteiger partial charge in [0.2, 0.25) is 0 Å². The molecule has 2 heterocycles. The van der Waals surface area contributed by atoms with Gasteiger partial charge in [-0.15, -0.1) is 0 Å². The van der Waals surface area contributed by atoms with Crippen molar-refractivity contribution in [3.63, 3.8) is 0 Å². The number of amides is 1. The predicted molar refractivity (Wildman–Crippen MR) is 61.8 cm³/mol. The normalized spacial score (nSPS) is 10.2. The van der Waals surface area contributed by atoms with Crippen LogP contribution in [0.25, 0.3) is 0 Å². The summed E-state index contributed by atoms with van der Waals surface area (Å²) in [5.74, 6) is -0.283. The third-order valence-electron chi connectivity index (χ3n) is 2.09. The molecule has 0 spiro atoms. The lowest BCUT2D eigenvalue weighted by molar-refractivity contribution is 0.0996. The summed E-state index contributed by atoms with van der Waals surface area (Å²) in [7, 11) is 1.79. The molecule has 0 saturated heterocycles. The summed E-state index contributed by atoms with van der Waals surface area (Å²) in [6, 6.07) is 0. The first-order chi connectivity index (χ1) is 8.06. The molecule has 17 heavy (non-hydrogen) atoms. The van der Waals surface area contributed by atoms with Gasteiger partial charge in [0.15, 0.2) is 11.5 Å². The zero-order valence-electron chi connectivity index (χ0n) is 9.51. The zero-order chi connectivity index (χ0) is 12.4. The van der Waals surface area contributed by atoms with Gasteiger partial charge in [-0.3, -0.25) is 9.48 Å². The van der Waals surface area contributed by atoms with Gasteiger partial charge in [-0.1, -0.05) is 0 Å². The number of nitrogens with zero attached hydrogens (tertiary/aromatic N) is 4. The van der Waals surface area contributed by atoms with Crippen molar-refractivity contribution in [2.75, 3.05) is 5.32 Å². The van der Waals surface area contributed by atoms with E-state index >= 15 is 0 Å². The number of primary amides is 1. The molecular weight excluding hydrogens is 220 g/mol. The Kier molecular flexibility index (Phi) is 2.73. The van der Waals surface area contributed by atoms with Crippen LogP contribution in [0.1, 0.15) is 16.2 Å². The maximum absolute atomic E-state index is 11.2. The molecule has 2 aromatic rings. The first-order valence-electron chi connectivity index (χ1n) is 4.95. The summed E-state index contributed by atoms with van der Waals surface area (Å²) in [4.78, 5) is 19.3. The molecule has 1 amide bonds. The fourth-order valence-corrected chi connectivity index (χ4v) is 1.37. The van der Waals surface area contributed by atoms with Crippen LogP contribution in [-0.2, 0) is 7.05 Å². The lowest BCUT2D eigenvalue weighted by Crippen LogP contribution is -2.16. The predicted octanol–water partition coefficient (Wildman–Crippen LogP) is 0.361. The highest BCUT2D eigenvalue weighted by Gasteiger charge is 2.12. The highest BCUT2D eigenvalue weighted by atomic mass is 16.1. The van der Waals surface area contributed by atoms with E-state index in [1.807, 2.05) is 0 Å². The van der Waals surface area contributed by atoms with Crippen molar-refractivity contribution in [1.82, 2.24) is 19.7 Å². The second-order valence-electron chi connectivity index (χ2n) is 3.60. The van der Waals surface area contributed by atoms with Gasteiger partial charge in [0.1, 0.15) is 0 Å². The van der Waals surface area contributed by atoms with Gasteiger partial charge in [-0.25, -0.2) is 9.97 Å². The first-order valence-corrected chi connectivity index (χ1v) is 4.95. The van der Waals surface area contributed by atoms with E-state index in [2.05, 4.69) is 20.4 Å². The third-order valence-corrected chi connectivity index (χ3v) is 2.09. The van der Waals surface area contributed by atoms with Crippen molar-refractivity contribution in [3.8, 4) is 0 Å².